The molecule has 0 bridgehead atoms. The highest BCUT2D eigenvalue weighted by Gasteiger charge is 2.28. The molecule has 1 saturated carbocycles. The van der Waals surface area contributed by atoms with Crippen LogP contribution < -0.4 is 10.6 Å². The van der Waals surface area contributed by atoms with Crippen LogP contribution in [0.15, 0.2) is 29.3 Å². The van der Waals surface area contributed by atoms with Gasteiger partial charge >= 0.3 is 0 Å². The highest BCUT2D eigenvalue weighted by molar-refractivity contribution is 5.80. The topological polar surface area (TPSA) is 56.7 Å². The van der Waals surface area contributed by atoms with Crippen LogP contribution in [0.1, 0.15) is 63.1 Å². The Morgan fingerprint density at radius 3 is 2.61 bits per heavy atom. The maximum Gasteiger partial charge on any atom is 0.191 e. The fraction of sp³-hybridized carbons (Fsp3) is 0.632. The van der Waals surface area contributed by atoms with Gasteiger partial charge in [0.15, 0.2) is 5.96 Å². The molecule has 4 heteroatoms. The van der Waals surface area contributed by atoms with Crippen LogP contribution >= 0.6 is 0 Å². The van der Waals surface area contributed by atoms with Gasteiger partial charge in [0.05, 0.1) is 18.2 Å². The Hall–Kier alpha value is -1.55. The van der Waals surface area contributed by atoms with Crippen LogP contribution in [0.2, 0.25) is 0 Å². The Labute approximate surface area is 140 Å². The van der Waals surface area contributed by atoms with Crippen molar-refractivity contribution in [2.45, 2.75) is 64.5 Å². The molecule has 4 nitrogen and oxygen atoms in total. The first-order valence-corrected chi connectivity index (χ1v) is 8.87. The molecule has 23 heavy (non-hydrogen) atoms. The van der Waals surface area contributed by atoms with E-state index in [-0.39, 0.29) is 6.04 Å². The summed E-state index contributed by atoms with van der Waals surface area (Å²) in [6, 6.07) is 8.57. The number of benzene rings is 1. The van der Waals surface area contributed by atoms with Crippen molar-refractivity contribution in [1.82, 2.24) is 10.6 Å². The van der Waals surface area contributed by atoms with Crippen molar-refractivity contribution in [1.29, 1.82) is 0 Å². The van der Waals surface area contributed by atoms with Gasteiger partial charge < -0.3 is 15.7 Å². The lowest BCUT2D eigenvalue weighted by molar-refractivity contribution is 0.0131. The van der Waals surface area contributed by atoms with Crippen LogP contribution in [0, 0.1) is 6.92 Å². The van der Waals surface area contributed by atoms with Gasteiger partial charge in [-0.1, -0.05) is 43.5 Å². The maximum atomic E-state index is 10.6. The van der Waals surface area contributed by atoms with Crippen molar-refractivity contribution >= 4 is 5.96 Å². The Morgan fingerprint density at radius 2 is 1.96 bits per heavy atom. The van der Waals surface area contributed by atoms with Crippen molar-refractivity contribution in [3.63, 3.8) is 0 Å². The second-order valence-electron chi connectivity index (χ2n) is 6.70. The van der Waals surface area contributed by atoms with E-state index in [1.807, 2.05) is 0 Å². The third kappa shape index (κ3) is 5.24. The minimum Gasteiger partial charge on any atom is -0.388 e. The molecule has 0 aromatic heterocycles. The van der Waals surface area contributed by atoms with Gasteiger partial charge in [0.25, 0.3) is 0 Å². The highest BCUT2D eigenvalue weighted by Crippen LogP contribution is 2.28. The molecule has 0 heterocycles. The second-order valence-corrected chi connectivity index (χ2v) is 6.70. The molecule has 0 aliphatic heterocycles. The van der Waals surface area contributed by atoms with Gasteiger partial charge in [-0.25, -0.2) is 0 Å². The highest BCUT2D eigenvalue weighted by atomic mass is 16.3. The fourth-order valence-electron chi connectivity index (χ4n) is 3.27. The Morgan fingerprint density at radius 1 is 1.26 bits per heavy atom. The lowest BCUT2D eigenvalue weighted by atomic mass is 9.85. The molecule has 1 aromatic carbocycles. The smallest absolute Gasteiger partial charge is 0.191 e. The first kappa shape index (κ1) is 17.8. The largest absolute Gasteiger partial charge is 0.388 e. The van der Waals surface area contributed by atoms with Crippen LogP contribution in [-0.2, 0) is 0 Å². The molecule has 0 amide bonds. The van der Waals surface area contributed by atoms with Gasteiger partial charge in [-0.2, -0.15) is 0 Å². The third-order valence-corrected chi connectivity index (χ3v) is 4.67. The van der Waals surface area contributed by atoms with E-state index in [0.717, 1.165) is 38.2 Å². The zero-order valence-electron chi connectivity index (χ0n) is 14.7. The third-order valence-electron chi connectivity index (χ3n) is 4.67. The van der Waals surface area contributed by atoms with E-state index in [2.05, 4.69) is 60.7 Å². The number of aryl methyl sites for hydroxylation is 1. The number of nitrogens with one attached hydrogen (secondary N) is 2. The van der Waals surface area contributed by atoms with Crippen molar-refractivity contribution in [2.75, 3.05) is 13.1 Å². The van der Waals surface area contributed by atoms with Gasteiger partial charge in [0.1, 0.15) is 0 Å². The standard InChI is InChI=1S/C19H31N3O/c1-4-20-18(21-14-19(23)12-8-5-9-13-19)22-16(3)17-11-7-6-10-15(17)2/h6-7,10-11,16,23H,4-5,8-9,12-14H2,1-3H3,(H2,20,21,22). The van der Waals surface area contributed by atoms with E-state index in [4.69, 9.17) is 0 Å². The molecule has 1 aromatic rings. The first-order chi connectivity index (χ1) is 11.0. The van der Waals surface area contributed by atoms with Gasteiger partial charge in [0.2, 0.25) is 0 Å². The van der Waals surface area contributed by atoms with E-state index in [1.165, 1.54) is 17.5 Å². The lowest BCUT2D eigenvalue weighted by Gasteiger charge is -2.31. The summed E-state index contributed by atoms with van der Waals surface area (Å²) in [6.07, 6.45) is 5.17. The molecule has 0 saturated heterocycles. The number of rotatable bonds is 5. The van der Waals surface area contributed by atoms with Crippen LogP contribution in [0.5, 0.6) is 0 Å². The van der Waals surface area contributed by atoms with E-state index >= 15 is 0 Å². The van der Waals surface area contributed by atoms with Gasteiger partial charge in [-0.05, 0) is 44.7 Å². The van der Waals surface area contributed by atoms with Crippen LogP contribution in [0.25, 0.3) is 0 Å². The molecule has 128 valence electrons. The summed E-state index contributed by atoms with van der Waals surface area (Å²) in [6.45, 7) is 7.62. The van der Waals surface area contributed by atoms with Gasteiger partial charge in [-0.15, -0.1) is 0 Å². The van der Waals surface area contributed by atoms with E-state index in [0.29, 0.717) is 6.54 Å². The van der Waals surface area contributed by atoms with Gasteiger partial charge in [-0.3, -0.25) is 4.99 Å². The number of nitrogens with zero attached hydrogens (tertiary/aromatic N) is 1. The van der Waals surface area contributed by atoms with Crippen molar-refractivity contribution in [3.8, 4) is 0 Å². The molecule has 3 N–H and O–H groups in total. The molecule has 0 spiro atoms. The SMILES string of the molecule is CCNC(=NCC1(O)CCCCC1)NC(C)c1ccccc1C. The molecular formula is C19H31N3O. The zero-order chi connectivity index (χ0) is 16.7. The number of aliphatic hydroxyl groups is 1. The summed E-state index contributed by atoms with van der Waals surface area (Å²) >= 11 is 0. The fourth-order valence-corrected chi connectivity index (χ4v) is 3.27. The summed E-state index contributed by atoms with van der Waals surface area (Å²) in [4.78, 5) is 4.65. The zero-order valence-corrected chi connectivity index (χ0v) is 14.7. The Kier molecular flexibility index (Phi) is 6.46. The predicted molar refractivity (Wildman–Crippen MR) is 96.7 cm³/mol. The normalized spacial score (nSPS) is 19.2. The maximum absolute atomic E-state index is 10.6. The Balaban J connectivity index is 2.02. The van der Waals surface area contributed by atoms with E-state index < -0.39 is 5.60 Å². The molecule has 1 unspecified atom stereocenters. The predicted octanol–water partition coefficient (Wildman–Crippen LogP) is 3.31. The van der Waals surface area contributed by atoms with Crippen molar-refractivity contribution < 1.29 is 5.11 Å². The van der Waals surface area contributed by atoms with E-state index in [1.54, 1.807) is 0 Å². The minimum absolute atomic E-state index is 0.176. The summed E-state index contributed by atoms with van der Waals surface area (Å²) in [5.74, 6) is 0.780. The minimum atomic E-state index is -0.619. The summed E-state index contributed by atoms with van der Waals surface area (Å²) < 4.78 is 0. The van der Waals surface area contributed by atoms with Crippen molar-refractivity contribution in [2.24, 2.45) is 4.99 Å². The Bertz CT molecular complexity index is 521. The van der Waals surface area contributed by atoms with Crippen LogP contribution in [0.3, 0.4) is 0 Å². The molecular weight excluding hydrogens is 286 g/mol. The molecule has 1 aliphatic carbocycles. The number of guanidine groups is 1. The average Bonchev–Trinajstić information content (AvgIpc) is 2.54. The van der Waals surface area contributed by atoms with Crippen LogP contribution in [-0.4, -0.2) is 29.8 Å². The summed E-state index contributed by atoms with van der Waals surface area (Å²) in [5.41, 5.74) is 1.93. The van der Waals surface area contributed by atoms with Crippen molar-refractivity contribution in [3.05, 3.63) is 35.4 Å². The number of hydrogen-bond donors (Lipinski definition) is 3. The molecule has 0 radical (unpaired) electrons. The molecule has 1 aliphatic rings. The quantitative estimate of drug-likeness (QED) is 0.577. The number of aliphatic imine (C=N–C) groups is 1. The molecule has 1 fully saturated rings. The second kappa shape index (κ2) is 8.34. The average molecular weight is 317 g/mol. The van der Waals surface area contributed by atoms with Crippen LogP contribution in [0.4, 0.5) is 0 Å². The monoisotopic (exact) mass is 317 g/mol. The summed E-state index contributed by atoms with van der Waals surface area (Å²) in [7, 11) is 0. The van der Waals surface area contributed by atoms with Gasteiger partial charge in [0, 0.05) is 6.54 Å². The number of hydrogen-bond acceptors (Lipinski definition) is 2. The summed E-state index contributed by atoms with van der Waals surface area (Å²) in [5, 5.41) is 17.4. The molecule has 1 atom stereocenters. The first-order valence-electron chi connectivity index (χ1n) is 8.87. The van der Waals surface area contributed by atoms with E-state index in [9.17, 15) is 5.11 Å². The lowest BCUT2D eigenvalue weighted by Crippen LogP contribution is -2.41. The molecule has 2 rings (SSSR count).